The highest BCUT2D eigenvalue weighted by Crippen LogP contribution is 2.51. The van der Waals surface area contributed by atoms with Crippen LogP contribution in [0, 0.1) is 0 Å². The summed E-state index contributed by atoms with van der Waals surface area (Å²) in [6, 6.07) is 31.8. The number of fused-ring (bicyclic) bond motifs is 6. The predicted molar refractivity (Wildman–Crippen MR) is 127 cm³/mol. The Hall–Kier alpha value is -3.12. The second-order valence-corrected chi connectivity index (χ2v) is 9.86. The Morgan fingerprint density at radius 1 is 0.400 bits per heavy atom. The van der Waals surface area contributed by atoms with Gasteiger partial charge in [0.05, 0.1) is 0 Å². The minimum absolute atomic E-state index is 0.0350. The van der Waals surface area contributed by atoms with E-state index in [0.29, 0.717) is 0 Å². The fraction of sp³-hybridized carbons (Fsp3) is 0.200. The molecule has 0 saturated carbocycles. The molecule has 0 amide bonds. The Kier molecular flexibility index (Phi) is 3.38. The van der Waals surface area contributed by atoms with Gasteiger partial charge in [0, 0.05) is 10.8 Å². The molecule has 0 aromatic heterocycles. The minimum atomic E-state index is 0.0350. The molecule has 0 atom stereocenters. The Balaban J connectivity index is 1.52. The molecular formula is C30H26. The van der Waals surface area contributed by atoms with Crippen LogP contribution in [-0.2, 0) is 10.8 Å². The highest BCUT2D eigenvalue weighted by molar-refractivity contribution is 5.87. The number of rotatable bonds is 1. The summed E-state index contributed by atoms with van der Waals surface area (Å²) in [5, 5.41) is 0. The minimum Gasteiger partial charge on any atom is -0.0619 e. The van der Waals surface area contributed by atoms with Gasteiger partial charge in [-0.1, -0.05) is 100 Å². The van der Waals surface area contributed by atoms with E-state index in [1.165, 1.54) is 55.6 Å². The van der Waals surface area contributed by atoms with E-state index in [2.05, 4.69) is 113 Å². The summed E-state index contributed by atoms with van der Waals surface area (Å²) < 4.78 is 0. The number of hydrogen-bond donors (Lipinski definition) is 0. The SMILES string of the molecule is CC1(C)c2ccccc2-c2cc(-c3ccc4c(c3)C(C)(C)c3ccccc3-4)ccc21. The van der Waals surface area contributed by atoms with Gasteiger partial charge in [0.15, 0.2) is 0 Å². The molecule has 0 radical (unpaired) electrons. The summed E-state index contributed by atoms with van der Waals surface area (Å²) in [5.74, 6) is 0. The van der Waals surface area contributed by atoms with E-state index in [9.17, 15) is 0 Å². The third kappa shape index (κ3) is 2.17. The Labute approximate surface area is 179 Å². The van der Waals surface area contributed by atoms with Crippen LogP contribution < -0.4 is 0 Å². The predicted octanol–water partition coefficient (Wildman–Crippen LogP) is 7.97. The molecule has 0 nitrogen and oxygen atoms in total. The summed E-state index contributed by atoms with van der Waals surface area (Å²) in [6.07, 6.45) is 0. The van der Waals surface area contributed by atoms with E-state index in [0.717, 1.165) is 0 Å². The van der Waals surface area contributed by atoms with E-state index in [1.54, 1.807) is 0 Å². The Bertz CT molecular complexity index is 1330. The zero-order chi connectivity index (χ0) is 20.7. The third-order valence-electron chi connectivity index (χ3n) is 7.50. The van der Waals surface area contributed by atoms with Crippen LogP contribution in [0.2, 0.25) is 0 Å². The van der Waals surface area contributed by atoms with Crippen LogP contribution in [0.15, 0.2) is 84.9 Å². The molecule has 0 aliphatic heterocycles. The van der Waals surface area contributed by atoms with E-state index in [1.807, 2.05) is 0 Å². The summed E-state index contributed by atoms with van der Waals surface area (Å²) in [5.41, 5.74) is 14.0. The molecule has 6 rings (SSSR count). The first kappa shape index (κ1) is 17.7. The molecule has 0 heteroatoms. The van der Waals surface area contributed by atoms with Crippen molar-refractivity contribution in [3.63, 3.8) is 0 Å². The van der Waals surface area contributed by atoms with Crippen LogP contribution in [0.1, 0.15) is 49.9 Å². The highest BCUT2D eigenvalue weighted by Gasteiger charge is 2.36. The second-order valence-electron chi connectivity index (χ2n) is 9.86. The molecular weight excluding hydrogens is 360 g/mol. The zero-order valence-electron chi connectivity index (χ0n) is 18.1. The van der Waals surface area contributed by atoms with Crippen molar-refractivity contribution in [2.24, 2.45) is 0 Å². The Morgan fingerprint density at radius 3 is 1.57 bits per heavy atom. The fourth-order valence-electron chi connectivity index (χ4n) is 5.78. The summed E-state index contributed by atoms with van der Waals surface area (Å²) in [6.45, 7) is 9.38. The van der Waals surface area contributed by atoms with Gasteiger partial charge in [-0.05, 0) is 67.8 Å². The molecule has 0 saturated heterocycles. The van der Waals surface area contributed by atoms with Gasteiger partial charge in [0.25, 0.3) is 0 Å². The first-order chi connectivity index (χ1) is 14.4. The first-order valence-electron chi connectivity index (χ1n) is 10.9. The van der Waals surface area contributed by atoms with Crippen LogP contribution in [0.5, 0.6) is 0 Å². The molecule has 0 bridgehead atoms. The molecule has 0 N–H and O–H groups in total. The van der Waals surface area contributed by atoms with Gasteiger partial charge in [0.2, 0.25) is 0 Å². The Morgan fingerprint density at radius 2 is 0.867 bits per heavy atom. The topological polar surface area (TPSA) is 0 Å². The van der Waals surface area contributed by atoms with Gasteiger partial charge in [-0.3, -0.25) is 0 Å². The van der Waals surface area contributed by atoms with E-state index in [-0.39, 0.29) is 10.8 Å². The highest BCUT2D eigenvalue weighted by atomic mass is 14.4. The van der Waals surface area contributed by atoms with Crippen molar-refractivity contribution in [2.75, 3.05) is 0 Å². The summed E-state index contributed by atoms with van der Waals surface area (Å²) >= 11 is 0. The van der Waals surface area contributed by atoms with Crippen LogP contribution in [0.3, 0.4) is 0 Å². The van der Waals surface area contributed by atoms with Gasteiger partial charge in [-0.2, -0.15) is 0 Å². The van der Waals surface area contributed by atoms with Crippen molar-refractivity contribution >= 4 is 0 Å². The average molecular weight is 387 g/mol. The molecule has 2 aliphatic carbocycles. The van der Waals surface area contributed by atoms with Gasteiger partial charge in [-0.25, -0.2) is 0 Å². The van der Waals surface area contributed by atoms with Crippen LogP contribution in [-0.4, -0.2) is 0 Å². The lowest BCUT2D eigenvalue weighted by atomic mass is 9.81. The van der Waals surface area contributed by atoms with Crippen LogP contribution in [0.4, 0.5) is 0 Å². The molecule has 4 aromatic carbocycles. The van der Waals surface area contributed by atoms with Gasteiger partial charge in [0.1, 0.15) is 0 Å². The third-order valence-corrected chi connectivity index (χ3v) is 7.50. The first-order valence-corrected chi connectivity index (χ1v) is 10.9. The van der Waals surface area contributed by atoms with Crippen molar-refractivity contribution in [3.8, 4) is 33.4 Å². The van der Waals surface area contributed by atoms with E-state index >= 15 is 0 Å². The maximum absolute atomic E-state index is 2.42. The van der Waals surface area contributed by atoms with Crippen molar-refractivity contribution in [2.45, 2.75) is 38.5 Å². The molecule has 0 unspecified atom stereocenters. The lowest BCUT2D eigenvalue weighted by Crippen LogP contribution is -2.15. The number of hydrogen-bond acceptors (Lipinski definition) is 0. The molecule has 30 heavy (non-hydrogen) atoms. The lowest BCUT2D eigenvalue weighted by molar-refractivity contribution is 0.660. The average Bonchev–Trinajstić information content (AvgIpc) is 3.14. The molecule has 0 spiro atoms. The van der Waals surface area contributed by atoms with E-state index in [4.69, 9.17) is 0 Å². The molecule has 146 valence electrons. The van der Waals surface area contributed by atoms with Crippen molar-refractivity contribution in [3.05, 3.63) is 107 Å². The van der Waals surface area contributed by atoms with Gasteiger partial charge >= 0.3 is 0 Å². The van der Waals surface area contributed by atoms with Crippen molar-refractivity contribution in [1.82, 2.24) is 0 Å². The molecule has 0 fully saturated rings. The number of benzene rings is 4. The molecule has 4 aromatic rings. The monoisotopic (exact) mass is 386 g/mol. The molecule has 0 heterocycles. The maximum atomic E-state index is 2.42. The normalized spacial score (nSPS) is 16.5. The lowest BCUT2D eigenvalue weighted by Gasteiger charge is -2.22. The summed E-state index contributed by atoms with van der Waals surface area (Å²) in [4.78, 5) is 0. The van der Waals surface area contributed by atoms with Crippen molar-refractivity contribution < 1.29 is 0 Å². The van der Waals surface area contributed by atoms with Gasteiger partial charge in [-0.15, -0.1) is 0 Å². The largest absolute Gasteiger partial charge is 0.0619 e. The smallest absolute Gasteiger partial charge is 0.0159 e. The second kappa shape index (κ2) is 5.73. The quantitative estimate of drug-likeness (QED) is 0.311. The van der Waals surface area contributed by atoms with E-state index < -0.39 is 0 Å². The summed E-state index contributed by atoms with van der Waals surface area (Å²) in [7, 11) is 0. The molecule has 2 aliphatic rings. The zero-order valence-corrected chi connectivity index (χ0v) is 18.1. The van der Waals surface area contributed by atoms with Crippen LogP contribution >= 0.6 is 0 Å². The fourth-order valence-corrected chi connectivity index (χ4v) is 5.78. The van der Waals surface area contributed by atoms with Gasteiger partial charge < -0.3 is 0 Å². The van der Waals surface area contributed by atoms with Crippen molar-refractivity contribution in [1.29, 1.82) is 0 Å². The van der Waals surface area contributed by atoms with Crippen LogP contribution in [0.25, 0.3) is 33.4 Å². The maximum Gasteiger partial charge on any atom is 0.0159 e. The standard InChI is InChI=1S/C30H26/c1-29(2)26-12-8-6-10-22(26)24-17-19(14-16-27(24)29)20-13-15-23-21-9-5-7-11-25(21)30(3,4)28(23)18-20/h5-18H,1-4H3.